The molecule has 0 spiro atoms. The number of alkyl halides is 1. The van der Waals surface area contributed by atoms with Gasteiger partial charge in [0.15, 0.2) is 0 Å². The summed E-state index contributed by atoms with van der Waals surface area (Å²) in [4.78, 5) is 14.1. The van der Waals surface area contributed by atoms with Gasteiger partial charge in [0.2, 0.25) is 0 Å². The molecule has 0 fully saturated rings. The molecule has 2 aromatic rings. The number of anilines is 1. The smallest absolute Gasteiger partial charge is 0.258 e. The lowest BCUT2D eigenvalue weighted by atomic mass is 10.1. The first kappa shape index (κ1) is 11.3. The summed E-state index contributed by atoms with van der Waals surface area (Å²) < 4.78 is 0. The highest BCUT2D eigenvalue weighted by atomic mass is 35.5. The van der Waals surface area contributed by atoms with Gasteiger partial charge in [-0.1, -0.05) is 30.3 Å². The number of fused-ring (bicyclic) bond motifs is 1. The predicted octanol–water partition coefficient (Wildman–Crippen LogP) is 3.59. The lowest BCUT2D eigenvalue weighted by Crippen LogP contribution is -2.22. The summed E-state index contributed by atoms with van der Waals surface area (Å²) >= 11 is 5.80. The fourth-order valence-corrected chi connectivity index (χ4v) is 2.41. The number of rotatable bonds is 2. The van der Waals surface area contributed by atoms with Crippen LogP contribution in [0.5, 0.6) is 0 Å². The van der Waals surface area contributed by atoms with Gasteiger partial charge >= 0.3 is 0 Å². The average molecular weight is 258 g/mol. The normalized spacial score (nSPS) is 13.8. The van der Waals surface area contributed by atoms with E-state index in [0.717, 1.165) is 22.4 Å². The summed E-state index contributed by atoms with van der Waals surface area (Å²) in [6.45, 7) is 0.640. The van der Waals surface area contributed by atoms with Crippen molar-refractivity contribution in [2.45, 2.75) is 12.4 Å². The Balaban J connectivity index is 1.99. The molecule has 0 unspecified atom stereocenters. The molecular formula is C15H12ClNO. The Morgan fingerprint density at radius 1 is 1.11 bits per heavy atom. The molecule has 90 valence electrons. The van der Waals surface area contributed by atoms with E-state index in [1.54, 1.807) is 4.90 Å². The van der Waals surface area contributed by atoms with Crippen molar-refractivity contribution < 1.29 is 4.79 Å². The van der Waals surface area contributed by atoms with Gasteiger partial charge in [0.05, 0.1) is 6.54 Å². The van der Waals surface area contributed by atoms with E-state index in [4.69, 9.17) is 11.6 Å². The first-order valence-corrected chi connectivity index (χ1v) is 6.38. The third-order valence-electron chi connectivity index (χ3n) is 3.20. The largest absolute Gasteiger partial charge is 0.304 e. The lowest BCUT2D eigenvalue weighted by molar-refractivity contribution is 0.0996. The second-order valence-corrected chi connectivity index (χ2v) is 4.62. The van der Waals surface area contributed by atoms with E-state index in [0.29, 0.717) is 12.4 Å². The summed E-state index contributed by atoms with van der Waals surface area (Å²) in [7, 11) is 0. The number of carbonyl (C=O) groups excluding carboxylic acids is 1. The van der Waals surface area contributed by atoms with Crippen molar-refractivity contribution in [3.63, 3.8) is 0 Å². The van der Waals surface area contributed by atoms with E-state index >= 15 is 0 Å². The van der Waals surface area contributed by atoms with Crippen molar-refractivity contribution in [1.82, 2.24) is 0 Å². The molecule has 0 N–H and O–H groups in total. The molecular weight excluding hydrogens is 246 g/mol. The molecule has 0 radical (unpaired) electrons. The number of hydrogen-bond acceptors (Lipinski definition) is 1. The van der Waals surface area contributed by atoms with Crippen LogP contribution in [0.4, 0.5) is 5.69 Å². The topological polar surface area (TPSA) is 20.3 Å². The second kappa shape index (κ2) is 4.46. The molecule has 1 amide bonds. The third kappa shape index (κ3) is 1.79. The molecule has 1 aliphatic heterocycles. The Kier molecular flexibility index (Phi) is 2.80. The van der Waals surface area contributed by atoms with E-state index in [-0.39, 0.29) is 5.91 Å². The maximum Gasteiger partial charge on any atom is 0.258 e. The molecule has 18 heavy (non-hydrogen) atoms. The van der Waals surface area contributed by atoms with E-state index in [1.807, 2.05) is 48.5 Å². The van der Waals surface area contributed by atoms with Gasteiger partial charge in [-0.2, -0.15) is 0 Å². The van der Waals surface area contributed by atoms with Crippen molar-refractivity contribution in [3.8, 4) is 0 Å². The van der Waals surface area contributed by atoms with Crippen molar-refractivity contribution in [2.24, 2.45) is 0 Å². The van der Waals surface area contributed by atoms with Gasteiger partial charge in [0, 0.05) is 17.1 Å². The quantitative estimate of drug-likeness (QED) is 0.753. The second-order valence-electron chi connectivity index (χ2n) is 4.35. The summed E-state index contributed by atoms with van der Waals surface area (Å²) in [5, 5.41) is 0. The number of carbonyl (C=O) groups is 1. The lowest BCUT2D eigenvalue weighted by Gasteiger charge is -2.15. The third-order valence-corrected chi connectivity index (χ3v) is 3.51. The predicted molar refractivity (Wildman–Crippen MR) is 73.0 cm³/mol. The zero-order valence-electron chi connectivity index (χ0n) is 9.77. The monoisotopic (exact) mass is 257 g/mol. The molecule has 0 saturated carbocycles. The van der Waals surface area contributed by atoms with Crippen molar-refractivity contribution in [2.75, 3.05) is 4.90 Å². The van der Waals surface area contributed by atoms with Crippen LogP contribution < -0.4 is 4.90 Å². The van der Waals surface area contributed by atoms with Gasteiger partial charge in [0.1, 0.15) is 0 Å². The van der Waals surface area contributed by atoms with Crippen LogP contribution in [0.3, 0.4) is 0 Å². The first-order valence-electron chi connectivity index (χ1n) is 5.84. The van der Waals surface area contributed by atoms with Crippen molar-refractivity contribution in [1.29, 1.82) is 0 Å². The van der Waals surface area contributed by atoms with Crippen LogP contribution in [0.1, 0.15) is 21.5 Å². The van der Waals surface area contributed by atoms with Crippen LogP contribution in [-0.2, 0) is 12.4 Å². The molecule has 0 aromatic heterocycles. The Morgan fingerprint density at radius 3 is 2.61 bits per heavy atom. The van der Waals surface area contributed by atoms with Crippen molar-refractivity contribution >= 4 is 23.2 Å². The number of amides is 1. The maximum absolute atomic E-state index is 12.3. The Hall–Kier alpha value is -1.80. The summed E-state index contributed by atoms with van der Waals surface area (Å²) in [5.41, 5.74) is 3.76. The summed E-state index contributed by atoms with van der Waals surface area (Å²) in [5.74, 6) is 0.495. The van der Waals surface area contributed by atoms with Crippen LogP contribution in [0, 0.1) is 0 Å². The van der Waals surface area contributed by atoms with E-state index in [2.05, 4.69) is 0 Å². The fraction of sp³-hybridized carbons (Fsp3) is 0.133. The Bertz CT molecular complexity index is 595. The van der Waals surface area contributed by atoms with E-state index in [1.165, 1.54) is 0 Å². The SMILES string of the molecule is O=C1c2cc(CCl)ccc2CN1c1ccccc1. The molecule has 0 atom stereocenters. The number of hydrogen-bond donors (Lipinski definition) is 0. The molecule has 1 aliphatic rings. The first-order chi connectivity index (χ1) is 8.79. The molecule has 2 nitrogen and oxygen atoms in total. The fourth-order valence-electron chi connectivity index (χ4n) is 2.25. The van der Waals surface area contributed by atoms with E-state index < -0.39 is 0 Å². The Morgan fingerprint density at radius 2 is 1.89 bits per heavy atom. The number of para-hydroxylation sites is 1. The van der Waals surface area contributed by atoms with Gasteiger partial charge in [0.25, 0.3) is 5.91 Å². The summed E-state index contributed by atoms with van der Waals surface area (Å²) in [6, 6.07) is 15.6. The molecule has 1 heterocycles. The minimum atomic E-state index is 0.0585. The van der Waals surface area contributed by atoms with Crippen LogP contribution in [0.15, 0.2) is 48.5 Å². The van der Waals surface area contributed by atoms with Crippen LogP contribution in [0.2, 0.25) is 0 Å². The summed E-state index contributed by atoms with van der Waals surface area (Å²) in [6.07, 6.45) is 0. The Labute approximate surface area is 111 Å². The van der Waals surface area contributed by atoms with Crippen LogP contribution in [0.25, 0.3) is 0 Å². The zero-order chi connectivity index (χ0) is 12.5. The van der Waals surface area contributed by atoms with Gasteiger partial charge in [-0.3, -0.25) is 4.79 Å². The number of benzene rings is 2. The minimum absolute atomic E-state index is 0.0585. The van der Waals surface area contributed by atoms with Crippen LogP contribution >= 0.6 is 11.6 Å². The highest BCUT2D eigenvalue weighted by Gasteiger charge is 2.28. The zero-order valence-corrected chi connectivity index (χ0v) is 10.5. The number of halogens is 1. The van der Waals surface area contributed by atoms with Gasteiger partial charge in [-0.05, 0) is 29.3 Å². The molecule has 3 heteroatoms. The van der Waals surface area contributed by atoms with Crippen LogP contribution in [-0.4, -0.2) is 5.91 Å². The highest BCUT2D eigenvalue weighted by molar-refractivity contribution is 6.17. The van der Waals surface area contributed by atoms with Gasteiger partial charge in [-0.25, -0.2) is 0 Å². The molecule has 0 aliphatic carbocycles. The van der Waals surface area contributed by atoms with Gasteiger partial charge < -0.3 is 4.90 Å². The molecule has 3 rings (SSSR count). The van der Waals surface area contributed by atoms with E-state index in [9.17, 15) is 4.79 Å². The average Bonchev–Trinajstić information content (AvgIpc) is 2.77. The van der Waals surface area contributed by atoms with Gasteiger partial charge in [-0.15, -0.1) is 11.6 Å². The molecule has 2 aromatic carbocycles. The minimum Gasteiger partial charge on any atom is -0.304 e. The molecule has 0 saturated heterocycles. The van der Waals surface area contributed by atoms with Crippen molar-refractivity contribution in [3.05, 3.63) is 65.2 Å². The highest BCUT2D eigenvalue weighted by Crippen LogP contribution is 2.28. The molecule has 0 bridgehead atoms. The maximum atomic E-state index is 12.3. The standard InChI is InChI=1S/C15H12ClNO/c16-9-11-6-7-12-10-17(15(18)14(12)8-11)13-4-2-1-3-5-13/h1-8H,9-10H2. The number of nitrogens with zero attached hydrogens (tertiary/aromatic N) is 1.